The Hall–Kier alpha value is -2.10. The summed E-state index contributed by atoms with van der Waals surface area (Å²) in [6, 6.07) is 7.32. The van der Waals surface area contributed by atoms with Gasteiger partial charge in [0.25, 0.3) is 0 Å². The number of aryl methyl sites for hydroxylation is 2. The van der Waals surface area contributed by atoms with Crippen LogP contribution in [0, 0.1) is 13.8 Å². The third-order valence-electron chi connectivity index (χ3n) is 2.21. The van der Waals surface area contributed by atoms with E-state index < -0.39 is 0 Å². The molecule has 0 bridgehead atoms. The SMILES string of the molecule is Cc1cc(Oc2cc(N)ccc2C)ncn1. The lowest BCUT2D eigenvalue weighted by molar-refractivity contribution is 0.457. The molecule has 1 heterocycles. The number of anilines is 1. The fraction of sp³-hybridized carbons (Fsp3) is 0.167. The lowest BCUT2D eigenvalue weighted by Crippen LogP contribution is -1.94. The topological polar surface area (TPSA) is 61.0 Å². The highest BCUT2D eigenvalue weighted by atomic mass is 16.5. The van der Waals surface area contributed by atoms with Gasteiger partial charge in [0.05, 0.1) is 0 Å². The first kappa shape index (κ1) is 10.4. The molecule has 4 nitrogen and oxygen atoms in total. The molecule has 0 saturated carbocycles. The van der Waals surface area contributed by atoms with Crippen molar-refractivity contribution in [1.82, 2.24) is 9.97 Å². The van der Waals surface area contributed by atoms with E-state index in [2.05, 4.69) is 9.97 Å². The van der Waals surface area contributed by atoms with Crippen molar-refractivity contribution in [1.29, 1.82) is 0 Å². The highest BCUT2D eigenvalue weighted by Gasteiger charge is 2.03. The Bertz CT molecular complexity index is 511. The number of hydrogen-bond acceptors (Lipinski definition) is 4. The Morgan fingerprint density at radius 2 is 1.94 bits per heavy atom. The van der Waals surface area contributed by atoms with Crippen LogP contribution in [-0.2, 0) is 0 Å². The molecule has 0 aliphatic heterocycles. The zero-order valence-electron chi connectivity index (χ0n) is 9.27. The molecule has 0 amide bonds. The molecule has 4 heteroatoms. The molecule has 0 unspecified atom stereocenters. The van der Waals surface area contributed by atoms with Gasteiger partial charge in [-0.25, -0.2) is 9.97 Å². The predicted molar refractivity (Wildman–Crippen MR) is 62.4 cm³/mol. The molecule has 0 aliphatic rings. The molecule has 0 aliphatic carbocycles. The minimum absolute atomic E-state index is 0.529. The van der Waals surface area contributed by atoms with Gasteiger partial charge in [0.2, 0.25) is 5.88 Å². The average molecular weight is 215 g/mol. The molecule has 2 N–H and O–H groups in total. The van der Waals surface area contributed by atoms with Gasteiger partial charge in [-0.2, -0.15) is 0 Å². The van der Waals surface area contributed by atoms with Gasteiger partial charge >= 0.3 is 0 Å². The minimum atomic E-state index is 0.529. The Kier molecular flexibility index (Phi) is 2.72. The smallest absolute Gasteiger partial charge is 0.222 e. The largest absolute Gasteiger partial charge is 0.439 e. The predicted octanol–water partition coefficient (Wildman–Crippen LogP) is 2.47. The summed E-state index contributed by atoms with van der Waals surface area (Å²) in [4.78, 5) is 8.04. The summed E-state index contributed by atoms with van der Waals surface area (Å²) in [5, 5.41) is 0. The van der Waals surface area contributed by atoms with Crippen LogP contribution in [0.5, 0.6) is 11.6 Å². The lowest BCUT2D eigenvalue weighted by Gasteiger charge is -2.08. The van der Waals surface area contributed by atoms with Crippen molar-refractivity contribution in [2.45, 2.75) is 13.8 Å². The number of rotatable bonds is 2. The molecule has 82 valence electrons. The summed E-state index contributed by atoms with van der Waals surface area (Å²) >= 11 is 0. The van der Waals surface area contributed by atoms with E-state index in [9.17, 15) is 0 Å². The van der Waals surface area contributed by atoms with Crippen LogP contribution in [0.4, 0.5) is 5.69 Å². The minimum Gasteiger partial charge on any atom is -0.439 e. The number of benzene rings is 1. The van der Waals surface area contributed by atoms with Gasteiger partial charge in [-0.1, -0.05) is 6.07 Å². The van der Waals surface area contributed by atoms with Gasteiger partial charge < -0.3 is 10.5 Å². The maximum Gasteiger partial charge on any atom is 0.222 e. The molecular formula is C12H13N3O. The van der Waals surface area contributed by atoms with Crippen molar-refractivity contribution >= 4 is 5.69 Å². The summed E-state index contributed by atoms with van der Waals surface area (Å²) in [5.74, 6) is 1.25. The van der Waals surface area contributed by atoms with Crippen LogP contribution in [0.15, 0.2) is 30.6 Å². The van der Waals surface area contributed by atoms with Crippen molar-refractivity contribution in [2.75, 3.05) is 5.73 Å². The molecule has 0 fully saturated rings. The quantitative estimate of drug-likeness (QED) is 0.782. The third kappa shape index (κ3) is 2.28. The van der Waals surface area contributed by atoms with Crippen LogP contribution in [0.25, 0.3) is 0 Å². The molecule has 0 saturated heterocycles. The fourth-order valence-electron chi connectivity index (χ4n) is 1.33. The van der Waals surface area contributed by atoms with E-state index in [4.69, 9.17) is 10.5 Å². The second kappa shape index (κ2) is 4.18. The standard InChI is InChI=1S/C12H13N3O/c1-8-3-4-10(13)6-11(8)16-12-5-9(2)14-7-15-12/h3-7H,13H2,1-2H3. The molecular weight excluding hydrogens is 202 g/mol. The van der Waals surface area contributed by atoms with E-state index in [1.54, 1.807) is 12.1 Å². The summed E-state index contributed by atoms with van der Waals surface area (Å²) in [5.41, 5.74) is 8.26. The van der Waals surface area contributed by atoms with E-state index in [0.29, 0.717) is 11.6 Å². The van der Waals surface area contributed by atoms with E-state index in [0.717, 1.165) is 17.0 Å². The zero-order chi connectivity index (χ0) is 11.5. The van der Waals surface area contributed by atoms with Crippen molar-refractivity contribution in [3.63, 3.8) is 0 Å². The van der Waals surface area contributed by atoms with E-state index in [1.807, 2.05) is 26.0 Å². The monoisotopic (exact) mass is 215 g/mol. The van der Waals surface area contributed by atoms with Crippen LogP contribution in [0.2, 0.25) is 0 Å². The van der Waals surface area contributed by atoms with Gasteiger partial charge in [-0.05, 0) is 25.5 Å². The number of aromatic nitrogens is 2. The Morgan fingerprint density at radius 1 is 1.12 bits per heavy atom. The number of ether oxygens (including phenoxy) is 1. The maximum atomic E-state index is 5.70. The molecule has 0 spiro atoms. The van der Waals surface area contributed by atoms with Crippen molar-refractivity contribution in [2.24, 2.45) is 0 Å². The van der Waals surface area contributed by atoms with Crippen molar-refractivity contribution in [3.05, 3.63) is 41.9 Å². The summed E-state index contributed by atoms with van der Waals surface area (Å²) in [6.45, 7) is 3.85. The number of nitrogen functional groups attached to an aromatic ring is 1. The normalized spacial score (nSPS) is 10.1. The maximum absolute atomic E-state index is 5.70. The molecule has 0 atom stereocenters. The van der Waals surface area contributed by atoms with Gasteiger partial charge in [0.15, 0.2) is 0 Å². The number of hydrogen-bond donors (Lipinski definition) is 1. The summed E-state index contributed by atoms with van der Waals surface area (Å²) in [7, 11) is 0. The molecule has 2 aromatic rings. The van der Waals surface area contributed by atoms with Crippen LogP contribution in [0.3, 0.4) is 0 Å². The average Bonchev–Trinajstić information content (AvgIpc) is 2.24. The summed E-state index contributed by atoms with van der Waals surface area (Å²) in [6.07, 6.45) is 1.48. The highest BCUT2D eigenvalue weighted by Crippen LogP contribution is 2.25. The van der Waals surface area contributed by atoms with Gasteiger partial charge in [0, 0.05) is 23.5 Å². The third-order valence-corrected chi connectivity index (χ3v) is 2.21. The van der Waals surface area contributed by atoms with Gasteiger partial charge in [-0.15, -0.1) is 0 Å². The van der Waals surface area contributed by atoms with Crippen LogP contribution < -0.4 is 10.5 Å². The molecule has 0 radical (unpaired) electrons. The van der Waals surface area contributed by atoms with Crippen LogP contribution in [0.1, 0.15) is 11.3 Å². The first-order chi connectivity index (χ1) is 7.65. The van der Waals surface area contributed by atoms with E-state index >= 15 is 0 Å². The van der Waals surface area contributed by atoms with Crippen molar-refractivity contribution < 1.29 is 4.74 Å². The Balaban J connectivity index is 2.30. The first-order valence-electron chi connectivity index (χ1n) is 4.98. The van der Waals surface area contributed by atoms with Crippen LogP contribution >= 0.6 is 0 Å². The molecule has 1 aromatic heterocycles. The van der Waals surface area contributed by atoms with Crippen molar-refractivity contribution in [3.8, 4) is 11.6 Å². The molecule has 16 heavy (non-hydrogen) atoms. The highest BCUT2D eigenvalue weighted by molar-refractivity contribution is 5.48. The molecule has 1 aromatic carbocycles. The second-order valence-corrected chi connectivity index (χ2v) is 3.62. The first-order valence-corrected chi connectivity index (χ1v) is 4.98. The van der Waals surface area contributed by atoms with Crippen LogP contribution in [-0.4, -0.2) is 9.97 Å². The lowest BCUT2D eigenvalue weighted by atomic mass is 10.2. The van der Waals surface area contributed by atoms with Gasteiger partial charge in [0.1, 0.15) is 12.1 Å². The van der Waals surface area contributed by atoms with E-state index in [-0.39, 0.29) is 0 Å². The number of nitrogens with two attached hydrogens (primary N) is 1. The van der Waals surface area contributed by atoms with E-state index in [1.165, 1.54) is 6.33 Å². The Morgan fingerprint density at radius 3 is 2.69 bits per heavy atom. The van der Waals surface area contributed by atoms with Gasteiger partial charge in [-0.3, -0.25) is 0 Å². The number of nitrogens with zero attached hydrogens (tertiary/aromatic N) is 2. The summed E-state index contributed by atoms with van der Waals surface area (Å²) < 4.78 is 5.64. The fourth-order valence-corrected chi connectivity index (χ4v) is 1.33. The zero-order valence-corrected chi connectivity index (χ0v) is 9.27. The Labute approximate surface area is 94.1 Å². The molecule has 2 rings (SSSR count). The second-order valence-electron chi connectivity index (χ2n) is 3.62.